The second-order valence-electron chi connectivity index (χ2n) is 5.14. The maximum absolute atomic E-state index is 10.6. The topological polar surface area (TPSA) is 55.8 Å². The summed E-state index contributed by atoms with van der Waals surface area (Å²) in [5.41, 5.74) is 0. The molecule has 0 bridgehead atoms. The lowest BCUT2D eigenvalue weighted by Crippen LogP contribution is -2.26. The number of hydrogen-bond donors (Lipinski definition) is 1. The van der Waals surface area contributed by atoms with Crippen LogP contribution in [0.2, 0.25) is 0 Å². The Morgan fingerprint density at radius 1 is 1.00 bits per heavy atom. The van der Waals surface area contributed by atoms with E-state index < -0.39 is 12.3 Å². The maximum atomic E-state index is 10.6. The highest BCUT2D eigenvalue weighted by Crippen LogP contribution is 2.10. The molecule has 0 aromatic rings. The van der Waals surface area contributed by atoms with Gasteiger partial charge in [0, 0.05) is 13.5 Å². The molecule has 4 heteroatoms. The van der Waals surface area contributed by atoms with Gasteiger partial charge in [-0.05, 0) is 19.8 Å². The van der Waals surface area contributed by atoms with E-state index in [-0.39, 0.29) is 0 Å². The van der Waals surface area contributed by atoms with Gasteiger partial charge in [-0.3, -0.25) is 0 Å². The number of carboxylic acids is 1. The molecule has 0 aliphatic carbocycles. The van der Waals surface area contributed by atoms with Gasteiger partial charge in [0.25, 0.3) is 6.29 Å². The van der Waals surface area contributed by atoms with Crippen molar-refractivity contribution in [1.82, 2.24) is 0 Å². The fourth-order valence-electron chi connectivity index (χ4n) is 2.11. The van der Waals surface area contributed by atoms with E-state index in [1.54, 1.807) is 0 Å². The highest BCUT2D eigenvalue weighted by Gasteiger charge is 2.15. The summed E-state index contributed by atoms with van der Waals surface area (Å²) in [5, 5.41) is 8.71. The zero-order valence-corrected chi connectivity index (χ0v) is 13.5. The van der Waals surface area contributed by atoms with Crippen molar-refractivity contribution in [2.45, 2.75) is 77.4 Å². The molecule has 0 amide bonds. The van der Waals surface area contributed by atoms with Gasteiger partial charge >= 0.3 is 5.97 Å². The zero-order chi connectivity index (χ0) is 15.8. The van der Waals surface area contributed by atoms with Crippen molar-refractivity contribution in [3.05, 3.63) is 0 Å². The first-order chi connectivity index (χ1) is 10.2. The largest absolute Gasteiger partial charge is 0.477 e. The maximum Gasteiger partial charge on any atom is 0.361 e. The summed E-state index contributed by atoms with van der Waals surface area (Å²) in [6, 6.07) is 0. The van der Waals surface area contributed by atoms with Gasteiger partial charge in [-0.2, -0.15) is 0 Å². The molecule has 0 spiro atoms. The Labute approximate surface area is 129 Å². The molecule has 1 N–H and O–H groups in total. The molecule has 1 atom stereocenters. The summed E-state index contributed by atoms with van der Waals surface area (Å²) in [6.07, 6.45) is 10.7. The predicted molar refractivity (Wildman–Crippen MR) is 84.0 cm³/mol. The average molecular weight is 298 g/mol. The minimum Gasteiger partial charge on any atom is -0.477 e. The minimum absolute atomic E-state index is 0.448. The fraction of sp³-hybridized carbons (Fsp3) is 0.824. The van der Waals surface area contributed by atoms with Crippen LogP contribution in [0, 0.1) is 11.8 Å². The Balaban J connectivity index is 3.18. The van der Waals surface area contributed by atoms with E-state index in [2.05, 4.69) is 16.6 Å². The molecule has 1 unspecified atom stereocenters. The third-order valence-electron chi connectivity index (χ3n) is 3.31. The van der Waals surface area contributed by atoms with E-state index in [1.165, 1.54) is 52.1 Å². The van der Waals surface area contributed by atoms with Crippen LogP contribution in [0.5, 0.6) is 0 Å². The Kier molecular flexibility index (Phi) is 14.6. The molecule has 0 fully saturated rings. The molecule has 0 rings (SSSR count). The minimum atomic E-state index is -1.12. The zero-order valence-electron chi connectivity index (χ0n) is 13.5. The monoisotopic (exact) mass is 298 g/mol. The van der Waals surface area contributed by atoms with E-state index in [0.717, 1.165) is 19.3 Å². The van der Waals surface area contributed by atoms with Crippen LogP contribution in [0.3, 0.4) is 0 Å². The third-order valence-corrected chi connectivity index (χ3v) is 3.31. The van der Waals surface area contributed by atoms with Crippen LogP contribution in [-0.4, -0.2) is 31.1 Å². The van der Waals surface area contributed by atoms with Crippen molar-refractivity contribution in [1.29, 1.82) is 0 Å². The van der Waals surface area contributed by atoms with Crippen molar-refractivity contribution in [2.24, 2.45) is 0 Å². The molecule has 0 radical (unpaired) electrons. The number of unbranched alkanes of at least 4 members (excludes halogenated alkanes) is 9. The number of hydrogen-bond acceptors (Lipinski definition) is 3. The van der Waals surface area contributed by atoms with Gasteiger partial charge in [-0.1, -0.05) is 44.9 Å². The summed E-state index contributed by atoms with van der Waals surface area (Å²) in [6.45, 7) is 2.34. The van der Waals surface area contributed by atoms with Crippen molar-refractivity contribution >= 4 is 5.97 Å². The van der Waals surface area contributed by atoms with Gasteiger partial charge in [-0.15, -0.1) is 11.8 Å². The molecular formula is C17H30O4. The first-order valence-electron chi connectivity index (χ1n) is 7.99. The van der Waals surface area contributed by atoms with Crippen molar-refractivity contribution in [3.8, 4) is 11.8 Å². The Morgan fingerprint density at radius 2 is 1.52 bits per heavy atom. The van der Waals surface area contributed by atoms with Crippen LogP contribution in [0.15, 0.2) is 0 Å². The SMILES string of the molecule is CC#CCCCCCCCCCCCOC(OC)C(=O)O. The second-order valence-corrected chi connectivity index (χ2v) is 5.14. The second kappa shape index (κ2) is 15.3. The van der Waals surface area contributed by atoms with Crippen LogP contribution < -0.4 is 0 Å². The van der Waals surface area contributed by atoms with E-state index in [4.69, 9.17) is 9.84 Å². The molecule has 21 heavy (non-hydrogen) atoms. The highest BCUT2D eigenvalue weighted by atomic mass is 16.7. The fourth-order valence-corrected chi connectivity index (χ4v) is 2.11. The van der Waals surface area contributed by atoms with Crippen molar-refractivity contribution in [2.75, 3.05) is 13.7 Å². The van der Waals surface area contributed by atoms with E-state index >= 15 is 0 Å². The Hall–Kier alpha value is -1.05. The number of aliphatic carboxylic acids is 1. The molecule has 0 aromatic carbocycles. The number of rotatable bonds is 14. The third kappa shape index (κ3) is 13.7. The van der Waals surface area contributed by atoms with Crippen LogP contribution in [0.1, 0.15) is 71.1 Å². The van der Waals surface area contributed by atoms with Gasteiger partial charge in [0.2, 0.25) is 0 Å². The van der Waals surface area contributed by atoms with Crippen LogP contribution in [-0.2, 0) is 14.3 Å². The Morgan fingerprint density at radius 3 is 2.00 bits per heavy atom. The lowest BCUT2D eigenvalue weighted by atomic mass is 10.1. The van der Waals surface area contributed by atoms with Gasteiger partial charge in [0.1, 0.15) is 0 Å². The average Bonchev–Trinajstić information content (AvgIpc) is 2.47. The molecule has 0 aliphatic rings. The smallest absolute Gasteiger partial charge is 0.361 e. The number of carbonyl (C=O) groups is 1. The molecule has 122 valence electrons. The summed E-state index contributed by atoms with van der Waals surface area (Å²) in [4.78, 5) is 10.6. The van der Waals surface area contributed by atoms with Crippen LogP contribution in [0.4, 0.5) is 0 Å². The summed E-state index contributed by atoms with van der Waals surface area (Å²) >= 11 is 0. The number of ether oxygens (including phenoxy) is 2. The van der Waals surface area contributed by atoms with Gasteiger partial charge < -0.3 is 14.6 Å². The molecule has 0 heterocycles. The van der Waals surface area contributed by atoms with Crippen LogP contribution in [0.25, 0.3) is 0 Å². The molecule has 0 aromatic heterocycles. The summed E-state index contributed by atoms with van der Waals surface area (Å²) in [7, 11) is 1.34. The predicted octanol–water partition coefficient (Wildman–Crippen LogP) is 3.98. The first kappa shape index (κ1) is 19.9. The lowest BCUT2D eigenvalue weighted by Gasteiger charge is -2.11. The van der Waals surface area contributed by atoms with E-state index in [0.29, 0.717) is 6.61 Å². The van der Waals surface area contributed by atoms with Gasteiger partial charge in [-0.25, -0.2) is 4.79 Å². The van der Waals surface area contributed by atoms with Crippen molar-refractivity contribution < 1.29 is 19.4 Å². The quantitative estimate of drug-likeness (QED) is 0.299. The standard InChI is InChI=1S/C17H30O4/c1-3-4-5-6-7-8-9-10-11-12-13-14-15-21-17(20-2)16(18)19/h17H,5-15H2,1-2H3,(H,18,19). The normalized spacial score (nSPS) is 11.7. The molecule has 4 nitrogen and oxygen atoms in total. The first-order valence-corrected chi connectivity index (χ1v) is 7.99. The van der Waals surface area contributed by atoms with Gasteiger partial charge in [0.05, 0.1) is 6.61 Å². The molecule has 0 saturated heterocycles. The van der Waals surface area contributed by atoms with Gasteiger partial charge in [0.15, 0.2) is 0 Å². The molecule has 0 aliphatic heterocycles. The molecule has 0 saturated carbocycles. The Bertz CT molecular complexity index is 304. The lowest BCUT2D eigenvalue weighted by molar-refractivity contribution is -0.183. The highest BCUT2D eigenvalue weighted by molar-refractivity contribution is 5.70. The number of methoxy groups -OCH3 is 1. The number of carboxylic acid groups (broad SMARTS) is 1. The van der Waals surface area contributed by atoms with E-state index in [9.17, 15) is 4.79 Å². The van der Waals surface area contributed by atoms with E-state index in [1.807, 2.05) is 6.92 Å². The summed E-state index contributed by atoms with van der Waals surface area (Å²) in [5.74, 6) is 4.94. The molecular weight excluding hydrogens is 268 g/mol. The summed E-state index contributed by atoms with van der Waals surface area (Å²) < 4.78 is 9.80. The van der Waals surface area contributed by atoms with Crippen molar-refractivity contribution in [3.63, 3.8) is 0 Å². The van der Waals surface area contributed by atoms with Crippen LogP contribution >= 0.6 is 0 Å².